The molecule has 0 aliphatic heterocycles. The first-order valence-electron chi connectivity index (χ1n) is 6.12. The van der Waals surface area contributed by atoms with Crippen molar-refractivity contribution in [2.45, 2.75) is 0 Å². The second-order valence-corrected chi connectivity index (χ2v) is 4.24. The van der Waals surface area contributed by atoms with Crippen molar-refractivity contribution in [3.8, 4) is 28.1 Å². The molecular formula is C16H14N2O. The average Bonchev–Trinajstić information content (AvgIpc) is 3.01. The highest BCUT2D eigenvalue weighted by Crippen LogP contribution is 2.31. The van der Waals surface area contributed by atoms with Crippen molar-refractivity contribution in [2.24, 2.45) is 0 Å². The highest BCUT2D eigenvalue weighted by atomic mass is 16.5. The van der Waals surface area contributed by atoms with Crippen LogP contribution in [0.15, 0.2) is 60.8 Å². The Labute approximate surface area is 111 Å². The summed E-state index contributed by atoms with van der Waals surface area (Å²) in [6.45, 7) is 0. The van der Waals surface area contributed by atoms with E-state index in [1.54, 1.807) is 7.11 Å². The Kier molecular flexibility index (Phi) is 3.02. The van der Waals surface area contributed by atoms with Gasteiger partial charge in [0.15, 0.2) is 0 Å². The number of aromatic nitrogens is 2. The number of benzene rings is 2. The van der Waals surface area contributed by atoms with Gasteiger partial charge in [-0.05, 0) is 23.8 Å². The third-order valence-electron chi connectivity index (χ3n) is 3.08. The SMILES string of the molecule is COc1ccccc1-c1cccc(-c2cc[nH]n2)c1. The molecule has 3 aromatic rings. The van der Waals surface area contributed by atoms with E-state index in [9.17, 15) is 0 Å². The van der Waals surface area contributed by atoms with Crippen LogP contribution in [-0.4, -0.2) is 17.3 Å². The van der Waals surface area contributed by atoms with Gasteiger partial charge in [0.1, 0.15) is 5.75 Å². The topological polar surface area (TPSA) is 37.9 Å². The maximum absolute atomic E-state index is 5.41. The van der Waals surface area contributed by atoms with Crippen LogP contribution in [0, 0.1) is 0 Å². The van der Waals surface area contributed by atoms with Crippen molar-refractivity contribution in [3.05, 3.63) is 60.8 Å². The number of H-pyrrole nitrogens is 1. The summed E-state index contributed by atoms with van der Waals surface area (Å²) in [6, 6.07) is 18.3. The summed E-state index contributed by atoms with van der Waals surface area (Å²) in [5, 5.41) is 7.04. The van der Waals surface area contributed by atoms with Crippen LogP contribution in [0.2, 0.25) is 0 Å². The van der Waals surface area contributed by atoms with E-state index < -0.39 is 0 Å². The number of hydrogen-bond acceptors (Lipinski definition) is 2. The van der Waals surface area contributed by atoms with Gasteiger partial charge in [-0.15, -0.1) is 0 Å². The molecule has 0 saturated heterocycles. The lowest BCUT2D eigenvalue weighted by molar-refractivity contribution is 0.416. The lowest BCUT2D eigenvalue weighted by Gasteiger charge is -2.09. The molecule has 0 atom stereocenters. The van der Waals surface area contributed by atoms with E-state index >= 15 is 0 Å². The second kappa shape index (κ2) is 4.98. The molecule has 2 aromatic carbocycles. The number of aromatic amines is 1. The number of nitrogens with zero attached hydrogens (tertiary/aromatic N) is 1. The average molecular weight is 250 g/mol. The Bertz CT molecular complexity index is 675. The molecule has 3 nitrogen and oxygen atoms in total. The summed E-state index contributed by atoms with van der Waals surface area (Å²) in [7, 11) is 1.69. The number of para-hydroxylation sites is 1. The zero-order valence-corrected chi connectivity index (χ0v) is 10.6. The third kappa shape index (κ3) is 2.22. The molecule has 1 heterocycles. The Balaban J connectivity index is 2.09. The van der Waals surface area contributed by atoms with Gasteiger partial charge in [0.25, 0.3) is 0 Å². The fourth-order valence-corrected chi connectivity index (χ4v) is 2.15. The first-order valence-corrected chi connectivity index (χ1v) is 6.12. The van der Waals surface area contributed by atoms with E-state index in [-0.39, 0.29) is 0 Å². The van der Waals surface area contributed by atoms with E-state index in [1.165, 1.54) is 0 Å². The van der Waals surface area contributed by atoms with Gasteiger partial charge in [0, 0.05) is 17.3 Å². The van der Waals surface area contributed by atoms with Crippen LogP contribution in [-0.2, 0) is 0 Å². The smallest absolute Gasteiger partial charge is 0.126 e. The van der Waals surface area contributed by atoms with Crippen LogP contribution in [0.5, 0.6) is 5.75 Å². The van der Waals surface area contributed by atoms with Crippen LogP contribution in [0.1, 0.15) is 0 Å². The minimum atomic E-state index is 0.877. The van der Waals surface area contributed by atoms with E-state index in [1.807, 2.05) is 36.5 Å². The summed E-state index contributed by atoms with van der Waals surface area (Å²) in [4.78, 5) is 0. The van der Waals surface area contributed by atoms with Crippen molar-refractivity contribution in [3.63, 3.8) is 0 Å². The maximum atomic E-state index is 5.41. The largest absolute Gasteiger partial charge is 0.496 e. The molecule has 0 aliphatic rings. The summed E-state index contributed by atoms with van der Waals surface area (Å²) in [5.74, 6) is 0.877. The standard InChI is InChI=1S/C16H14N2O/c1-19-16-8-3-2-7-14(16)12-5-4-6-13(11-12)15-9-10-17-18-15/h2-11H,1H3,(H,17,18). The number of methoxy groups -OCH3 is 1. The number of hydrogen-bond donors (Lipinski definition) is 1. The molecule has 3 rings (SSSR count). The zero-order chi connectivity index (χ0) is 13.1. The van der Waals surface area contributed by atoms with E-state index in [0.717, 1.165) is 28.1 Å². The Morgan fingerprint density at radius 3 is 2.58 bits per heavy atom. The quantitative estimate of drug-likeness (QED) is 0.768. The molecule has 0 radical (unpaired) electrons. The molecule has 94 valence electrons. The number of ether oxygens (including phenoxy) is 1. The lowest BCUT2D eigenvalue weighted by atomic mass is 10.0. The third-order valence-corrected chi connectivity index (χ3v) is 3.08. The van der Waals surface area contributed by atoms with Crippen LogP contribution in [0.25, 0.3) is 22.4 Å². The molecule has 0 spiro atoms. The normalized spacial score (nSPS) is 10.4. The van der Waals surface area contributed by atoms with E-state index in [4.69, 9.17) is 4.74 Å². The van der Waals surface area contributed by atoms with Crippen molar-refractivity contribution in [1.29, 1.82) is 0 Å². The molecule has 0 bridgehead atoms. The van der Waals surface area contributed by atoms with Crippen molar-refractivity contribution < 1.29 is 4.74 Å². The fourth-order valence-electron chi connectivity index (χ4n) is 2.15. The van der Waals surface area contributed by atoms with Gasteiger partial charge in [-0.1, -0.05) is 36.4 Å². The second-order valence-electron chi connectivity index (χ2n) is 4.24. The predicted molar refractivity (Wildman–Crippen MR) is 76.0 cm³/mol. The lowest BCUT2D eigenvalue weighted by Crippen LogP contribution is -1.88. The molecule has 0 fully saturated rings. The first kappa shape index (κ1) is 11.5. The Hall–Kier alpha value is -2.55. The summed E-state index contributed by atoms with van der Waals surface area (Å²) in [5.41, 5.74) is 4.24. The van der Waals surface area contributed by atoms with Gasteiger partial charge >= 0.3 is 0 Å². The van der Waals surface area contributed by atoms with Crippen molar-refractivity contribution in [2.75, 3.05) is 7.11 Å². The first-order chi connectivity index (χ1) is 9.38. The van der Waals surface area contributed by atoms with Gasteiger partial charge in [0.05, 0.1) is 12.8 Å². The van der Waals surface area contributed by atoms with Crippen LogP contribution >= 0.6 is 0 Å². The molecule has 1 aromatic heterocycles. The van der Waals surface area contributed by atoms with Gasteiger partial charge in [-0.25, -0.2) is 0 Å². The molecule has 1 N–H and O–H groups in total. The maximum Gasteiger partial charge on any atom is 0.126 e. The molecule has 0 amide bonds. The van der Waals surface area contributed by atoms with Crippen molar-refractivity contribution >= 4 is 0 Å². The van der Waals surface area contributed by atoms with Gasteiger partial charge in [0.2, 0.25) is 0 Å². The van der Waals surface area contributed by atoms with Crippen LogP contribution in [0.3, 0.4) is 0 Å². The Morgan fingerprint density at radius 2 is 1.79 bits per heavy atom. The highest BCUT2D eigenvalue weighted by molar-refractivity contribution is 5.75. The minimum absolute atomic E-state index is 0.877. The summed E-state index contributed by atoms with van der Waals surface area (Å²) < 4.78 is 5.41. The molecule has 0 aliphatic carbocycles. The molecule has 0 saturated carbocycles. The Morgan fingerprint density at radius 1 is 0.947 bits per heavy atom. The van der Waals surface area contributed by atoms with Gasteiger partial charge in [-0.2, -0.15) is 5.10 Å². The number of rotatable bonds is 3. The molecule has 19 heavy (non-hydrogen) atoms. The van der Waals surface area contributed by atoms with Crippen LogP contribution < -0.4 is 4.74 Å². The fraction of sp³-hybridized carbons (Fsp3) is 0.0625. The minimum Gasteiger partial charge on any atom is -0.496 e. The molecule has 0 unspecified atom stereocenters. The predicted octanol–water partition coefficient (Wildman–Crippen LogP) is 3.75. The molecule has 3 heteroatoms. The van der Waals surface area contributed by atoms with E-state index in [2.05, 4.69) is 34.5 Å². The highest BCUT2D eigenvalue weighted by Gasteiger charge is 2.06. The van der Waals surface area contributed by atoms with Gasteiger partial charge < -0.3 is 4.74 Å². The summed E-state index contributed by atoms with van der Waals surface area (Å²) in [6.07, 6.45) is 1.82. The number of nitrogens with one attached hydrogen (secondary N) is 1. The van der Waals surface area contributed by atoms with E-state index in [0.29, 0.717) is 0 Å². The van der Waals surface area contributed by atoms with Crippen molar-refractivity contribution in [1.82, 2.24) is 10.2 Å². The summed E-state index contributed by atoms with van der Waals surface area (Å²) >= 11 is 0. The zero-order valence-electron chi connectivity index (χ0n) is 10.6. The van der Waals surface area contributed by atoms with Gasteiger partial charge in [-0.3, -0.25) is 5.10 Å². The monoisotopic (exact) mass is 250 g/mol. The molecular weight excluding hydrogens is 236 g/mol. The van der Waals surface area contributed by atoms with Crippen LogP contribution in [0.4, 0.5) is 0 Å².